The van der Waals surface area contributed by atoms with E-state index >= 15 is 0 Å². The molecule has 0 bridgehead atoms. The molecule has 0 saturated carbocycles. The van der Waals surface area contributed by atoms with Crippen LogP contribution < -0.4 is 10.6 Å². The van der Waals surface area contributed by atoms with Gasteiger partial charge in [-0.3, -0.25) is 0 Å². The van der Waals surface area contributed by atoms with Crippen LogP contribution in [0.4, 0.5) is 11.8 Å². The Hall–Kier alpha value is -1.32. The molecule has 0 unspecified atom stereocenters. The maximum absolute atomic E-state index is 5.97. The number of fused-ring (bicyclic) bond motifs is 1. The Labute approximate surface area is 90.5 Å². The van der Waals surface area contributed by atoms with Gasteiger partial charge in [-0.05, 0) is 25.7 Å². The number of rotatable bonds is 1. The van der Waals surface area contributed by atoms with Crippen LogP contribution in [-0.4, -0.2) is 24.1 Å². The van der Waals surface area contributed by atoms with Crippen molar-refractivity contribution >= 4 is 11.8 Å². The molecule has 0 aromatic carbocycles. The van der Waals surface area contributed by atoms with Gasteiger partial charge in [0, 0.05) is 19.7 Å². The number of anilines is 2. The lowest BCUT2D eigenvalue weighted by Crippen LogP contribution is -2.16. The Balaban J connectivity index is 2.44. The number of hydrogen-bond donors (Lipinski definition) is 1. The van der Waals surface area contributed by atoms with E-state index in [2.05, 4.69) is 9.97 Å². The molecule has 4 nitrogen and oxygen atoms in total. The third-order valence-corrected chi connectivity index (χ3v) is 2.85. The van der Waals surface area contributed by atoms with Gasteiger partial charge in [-0.25, -0.2) is 4.98 Å². The summed E-state index contributed by atoms with van der Waals surface area (Å²) in [5.74, 6) is 1.40. The summed E-state index contributed by atoms with van der Waals surface area (Å²) in [7, 11) is 3.88. The van der Waals surface area contributed by atoms with Gasteiger partial charge in [0.2, 0.25) is 5.95 Å². The first-order valence-electron chi connectivity index (χ1n) is 5.51. The maximum Gasteiger partial charge on any atom is 0.227 e. The lowest BCUT2D eigenvalue weighted by atomic mass is 10.1. The Kier molecular flexibility index (Phi) is 2.75. The molecule has 15 heavy (non-hydrogen) atoms. The molecule has 0 amide bonds. The molecule has 1 heterocycles. The Bertz CT molecular complexity index is 360. The number of nitrogens with two attached hydrogens (primary N) is 1. The molecule has 0 atom stereocenters. The quantitative estimate of drug-likeness (QED) is 0.705. The van der Waals surface area contributed by atoms with Crippen LogP contribution in [0.1, 0.15) is 30.5 Å². The smallest absolute Gasteiger partial charge is 0.227 e. The Morgan fingerprint density at radius 2 is 1.80 bits per heavy atom. The van der Waals surface area contributed by atoms with E-state index in [1.54, 1.807) is 0 Å². The average molecular weight is 206 g/mol. The van der Waals surface area contributed by atoms with E-state index in [0.29, 0.717) is 5.82 Å². The molecule has 1 aromatic heterocycles. The first kappa shape index (κ1) is 10.2. The van der Waals surface area contributed by atoms with Gasteiger partial charge in [0.25, 0.3) is 0 Å². The zero-order valence-electron chi connectivity index (χ0n) is 9.45. The van der Waals surface area contributed by atoms with Crippen LogP contribution in [0, 0.1) is 0 Å². The third-order valence-electron chi connectivity index (χ3n) is 2.85. The van der Waals surface area contributed by atoms with E-state index in [1.807, 2.05) is 19.0 Å². The first-order valence-corrected chi connectivity index (χ1v) is 5.51. The van der Waals surface area contributed by atoms with Crippen molar-refractivity contribution < 1.29 is 0 Å². The molecular formula is C11H18N4. The second-order valence-corrected chi connectivity index (χ2v) is 4.29. The number of aromatic nitrogens is 2. The molecule has 1 aromatic rings. The Morgan fingerprint density at radius 3 is 2.53 bits per heavy atom. The van der Waals surface area contributed by atoms with Crippen molar-refractivity contribution in [3.05, 3.63) is 11.3 Å². The average Bonchev–Trinajstić information content (AvgIpc) is 2.42. The molecule has 0 fully saturated rings. The molecule has 2 N–H and O–H groups in total. The fourth-order valence-electron chi connectivity index (χ4n) is 1.99. The second-order valence-electron chi connectivity index (χ2n) is 4.29. The highest BCUT2D eigenvalue weighted by Crippen LogP contribution is 2.24. The van der Waals surface area contributed by atoms with Crippen molar-refractivity contribution in [1.82, 2.24) is 9.97 Å². The zero-order valence-corrected chi connectivity index (χ0v) is 9.45. The molecule has 1 aliphatic carbocycles. The summed E-state index contributed by atoms with van der Waals surface area (Å²) < 4.78 is 0. The molecule has 4 heteroatoms. The lowest BCUT2D eigenvalue weighted by molar-refractivity contribution is 0.708. The number of nitrogens with zero attached hydrogens (tertiary/aromatic N) is 3. The minimum absolute atomic E-state index is 0.672. The maximum atomic E-state index is 5.97. The molecule has 82 valence electrons. The highest BCUT2D eigenvalue weighted by Gasteiger charge is 2.15. The normalized spacial score (nSPS) is 15.6. The van der Waals surface area contributed by atoms with Crippen molar-refractivity contribution in [2.24, 2.45) is 0 Å². The summed E-state index contributed by atoms with van der Waals surface area (Å²) in [5, 5.41) is 0. The molecule has 0 saturated heterocycles. The van der Waals surface area contributed by atoms with Crippen LogP contribution in [0.15, 0.2) is 0 Å². The molecule has 0 radical (unpaired) electrons. The monoisotopic (exact) mass is 206 g/mol. The van der Waals surface area contributed by atoms with Crippen LogP contribution in [0.5, 0.6) is 0 Å². The van der Waals surface area contributed by atoms with Crippen molar-refractivity contribution in [1.29, 1.82) is 0 Å². The minimum atomic E-state index is 0.672. The lowest BCUT2D eigenvalue weighted by Gasteiger charge is -2.14. The van der Waals surface area contributed by atoms with Crippen LogP contribution in [-0.2, 0) is 12.8 Å². The third kappa shape index (κ3) is 2.03. The fourth-order valence-corrected chi connectivity index (χ4v) is 1.99. The van der Waals surface area contributed by atoms with E-state index in [9.17, 15) is 0 Å². The van der Waals surface area contributed by atoms with E-state index in [1.165, 1.54) is 24.8 Å². The molecule has 2 rings (SSSR count). The summed E-state index contributed by atoms with van der Waals surface area (Å²) in [6.07, 6.45) is 5.78. The largest absolute Gasteiger partial charge is 0.383 e. The van der Waals surface area contributed by atoms with Gasteiger partial charge >= 0.3 is 0 Å². The summed E-state index contributed by atoms with van der Waals surface area (Å²) in [6, 6.07) is 0. The van der Waals surface area contributed by atoms with Gasteiger partial charge < -0.3 is 10.6 Å². The van der Waals surface area contributed by atoms with E-state index < -0.39 is 0 Å². The van der Waals surface area contributed by atoms with Crippen LogP contribution >= 0.6 is 0 Å². The molecule has 0 aliphatic heterocycles. The van der Waals surface area contributed by atoms with Gasteiger partial charge in [-0.2, -0.15) is 4.98 Å². The van der Waals surface area contributed by atoms with Crippen molar-refractivity contribution in [3.8, 4) is 0 Å². The predicted octanol–water partition coefficient (Wildman–Crippen LogP) is 1.39. The molecule has 1 aliphatic rings. The summed E-state index contributed by atoms with van der Waals surface area (Å²) in [4.78, 5) is 10.8. The van der Waals surface area contributed by atoms with Crippen LogP contribution in [0.2, 0.25) is 0 Å². The van der Waals surface area contributed by atoms with E-state index in [-0.39, 0.29) is 0 Å². The van der Waals surface area contributed by atoms with E-state index in [4.69, 9.17) is 5.73 Å². The molecular weight excluding hydrogens is 188 g/mol. The summed E-state index contributed by atoms with van der Waals surface area (Å²) in [6.45, 7) is 0. The van der Waals surface area contributed by atoms with Crippen LogP contribution in [0.3, 0.4) is 0 Å². The van der Waals surface area contributed by atoms with Crippen molar-refractivity contribution in [2.75, 3.05) is 24.7 Å². The first-order chi connectivity index (χ1) is 7.18. The fraction of sp³-hybridized carbons (Fsp3) is 0.636. The van der Waals surface area contributed by atoms with Gasteiger partial charge in [0.15, 0.2) is 0 Å². The van der Waals surface area contributed by atoms with Crippen molar-refractivity contribution in [3.63, 3.8) is 0 Å². The highest BCUT2D eigenvalue weighted by atomic mass is 15.2. The zero-order chi connectivity index (χ0) is 10.8. The Morgan fingerprint density at radius 1 is 1.07 bits per heavy atom. The summed E-state index contributed by atoms with van der Waals surface area (Å²) in [5.41, 5.74) is 8.31. The number of hydrogen-bond acceptors (Lipinski definition) is 4. The highest BCUT2D eigenvalue weighted by molar-refractivity contribution is 5.48. The van der Waals surface area contributed by atoms with Gasteiger partial charge in [-0.15, -0.1) is 0 Å². The van der Waals surface area contributed by atoms with Gasteiger partial charge in [-0.1, -0.05) is 6.42 Å². The molecule has 0 spiro atoms. The number of aryl methyl sites for hydroxylation is 1. The second kappa shape index (κ2) is 4.04. The van der Waals surface area contributed by atoms with E-state index in [0.717, 1.165) is 24.5 Å². The standard InChI is InChI=1S/C11H18N4/c1-15(2)11-13-9-7-5-3-4-6-8(9)10(12)14-11/h3-7H2,1-2H3,(H2,12,13,14). The SMILES string of the molecule is CN(C)c1nc(N)c2c(n1)CCCCC2. The van der Waals surface area contributed by atoms with Crippen LogP contribution in [0.25, 0.3) is 0 Å². The topological polar surface area (TPSA) is 55.0 Å². The summed E-state index contributed by atoms with van der Waals surface area (Å²) >= 11 is 0. The number of nitrogen functional groups attached to an aromatic ring is 1. The predicted molar refractivity (Wildman–Crippen MR) is 62.0 cm³/mol. The van der Waals surface area contributed by atoms with Crippen molar-refractivity contribution in [2.45, 2.75) is 32.1 Å². The van der Waals surface area contributed by atoms with Gasteiger partial charge in [0.05, 0.1) is 5.69 Å². The minimum Gasteiger partial charge on any atom is -0.383 e. The van der Waals surface area contributed by atoms with Gasteiger partial charge in [0.1, 0.15) is 5.82 Å².